The highest BCUT2D eigenvalue weighted by Gasteiger charge is 2.05. The number of rotatable bonds is 5. The summed E-state index contributed by atoms with van der Waals surface area (Å²) in [6.07, 6.45) is 0. The molecule has 1 rings (SSSR count). The lowest BCUT2D eigenvalue weighted by Gasteiger charge is -2.12. The molecule has 0 amide bonds. The van der Waals surface area contributed by atoms with Gasteiger partial charge in [-0.2, -0.15) is 0 Å². The summed E-state index contributed by atoms with van der Waals surface area (Å²) in [7, 11) is -3.46. The SMILES string of the molecule is CC(CN)Nc1ccc(CS(N)(=O)=O)cc1. The molecule has 1 aromatic rings. The summed E-state index contributed by atoms with van der Waals surface area (Å²) < 4.78 is 21.7. The van der Waals surface area contributed by atoms with E-state index in [1.807, 2.05) is 19.1 Å². The molecule has 1 unspecified atom stereocenters. The van der Waals surface area contributed by atoms with Crippen LogP contribution in [-0.4, -0.2) is 21.0 Å². The van der Waals surface area contributed by atoms with E-state index in [0.29, 0.717) is 12.1 Å². The second-order valence-electron chi connectivity index (χ2n) is 3.79. The highest BCUT2D eigenvalue weighted by Crippen LogP contribution is 2.11. The molecule has 16 heavy (non-hydrogen) atoms. The number of hydrogen-bond donors (Lipinski definition) is 3. The van der Waals surface area contributed by atoms with Crippen LogP contribution in [0.25, 0.3) is 0 Å². The lowest BCUT2D eigenvalue weighted by molar-refractivity contribution is 0.597. The molecule has 0 aliphatic rings. The van der Waals surface area contributed by atoms with Crippen LogP contribution in [0.1, 0.15) is 12.5 Å². The van der Waals surface area contributed by atoms with Crippen molar-refractivity contribution < 1.29 is 8.42 Å². The zero-order valence-corrected chi connectivity index (χ0v) is 10.00. The molecule has 0 aromatic heterocycles. The molecule has 1 atom stereocenters. The molecule has 0 aliphatic carbocycles. The van der Waals surface area contributed by atoms with Crippen LogP contribution in [0.3, 0.4) is 0 Å². The van der Waals surface area contributed by atoms with Gasteiger partial charge in [0, 0.05) is 18.3 Å². The molecule has 0 heterocycles. The highest BCUT2D eigenvalue weighted by molar-refractivity contribution is 7.88. The minimum absolute atomic E-state index is 0.139. The normalized spacial score (nSPS) is 13.4. The second-order valence-corrected chi connectivity index (χ2v) is 5.40. The van der Waals surface area contributed by atoms with Crippen molar-refractivity contribution in [2.45, 2.75) is 18.7 Å². The summed E-state index contributed by atoms with van der Waals surface area (Å²) in [6, 6.07) is 7.27. The molecule has 5 nitrogen and oxygen atoms in total. The van der Waals surface area contributed by atoms with Gasteiger partial charge >= 0.3 is 0 Å². The van der Waals surface area contributed by atoms with Crippen LogP contribution < -0.4 is 16.2 Å². The maximum absolute atomic E-state index is 10.9. The van der Waals surface area contributed by atoms with Gasteiger partial charge in [-0.15, -0.1) is 0 Å². The van der Waals surface area contributed by atoms with E-state index in [1.165, 1.54) is 0 Å². The van der Waals surface area contributed by atoms with Crippen molar-refractivity contribution in [3.05, 3.63) is 29.8 Å². The zero-order valence-electron chi connectivity index (χ0n) is 9.18. The Morgan fingerprint density at radius 1 is 1.31 bits per heavy atom. The first-order valence-electron chi connectivity index (χ1n) is 4.97. The van der Waals surface area contributed by atoms with Crippen LogP contribution >= 0.6 is 0 Å². The third-order valence-electron chi connectivity index (χ3n) is 2.09. The molecule has 1 aromatic carbocycles. The molecule has 90 valence electrons. The lowest BCUT2D eigenvalue weighted by Crippen LogP contribution is -2.25. The molecule has 0 radical (unpaired) electrons. The van der Waals surface area contributed by atoms with Crippen LogP contribution in [0.15, 0.2) is 24.3 Å². The van der Waals surface area contributed by atoms with Crippen molar-refractivity contribution in [1.82, 2.24) is 0 Å². The van der Waals surface area contributed by atoms with E-state index in [4.69, 9.17) is 10.9 Å². The molecule has 0 bridgehead atoms. The predicted octanol–water partition coefficient (Wildman–Crippen LogP) is 0.234. The van der Waals surface area contributed by atoms with Gasteiger partial charge in [0.1, 0.15) is 0 Å². The van der Waals surface area contributed by atoms with Gasteiger partial charge < -0.3 is 11.1 Å². The molecule has 0 spiro atoms. The number of primary sulfonamides is 1. The number of anilines is 1. The summed E-state index contributed by atoms with van der Waals surface area (Å²) >= 11 is 0. The first kappa shape index (κ1) is 13.0. The Hall–Kier alpha value is -1.11. The number of sulfonamides is 1. The maximum Gasteiger partial charge on any atom is 0.213 e. The topological polar surface area (TPSA) is 98.2 Å². The Balaban J connectivity index is 2.68. The average Bonchev–Trinajstić information content (AvgIpc) is 2.18. The Morgan fingerprint density at radius 3 is 2.31 bits per heavy atom. The van der Waals surface area contributed by atoms with Gasteiger partial charge in [-0.1, -0.05) is 12.1 Å². The van der Waals surface area contributed by atoms with Crippen molar-refractivity contribution in [3.8, 4) is 0 Å². The molecule has 0 aliphatic heterocycles. The van der Waals surface area contributed by atoms with Gasteiger partial charge in [0.25, 0.3) is 0 Å². The Labute approximate surface area is 95.9 Å². The largest absolute Gasteiger partial charge is 0.381 e. The fourth-order valence-electron chi connectivity index (χ4n) is 1.27. The fraction of sp³-hybridized carbons (Fsp3) is 0.400. The van der Waals surface area contributed by atoms with Crippen LogP contribution in [0.4, 0.5) is 5.69 Å². The first-order valence-corrected chi connectivity index (χ1v) is 6.68. The molecule has 6 heteroatoms. The minimum atomic E-state index is -3.46. The third kappa shape index (κ3) is 4.61. The number of benzene rings is 1. The van der Waals surface area contributed by atoms with E-state index >= 15 is 0 Å². The smallest absolute Gasteiger partial charge is 0.213 e. The van der Waals surface area contributed by atoms with Crippen LogP contribution in [0.2, 0.25) is 0 Å². The van der Waals surface area contributed by atoms with Gasteiger partial charge in [0.05, 0.1) is 5.75 Å². The van der Waals surface area contributed by atoms with Crippen molar-refractivity contribution in [3.63, 3.8) is 0 Å². The predicted molar refractivity (Wildman–Crippen MR) is 65.4 cm³/mol. The van der Waals surface area contributed by atoms with Gasteiger partial charge in [0.2, 0.25) is 10.0 Å². The third-order valence-corrected chi connectivity index (χ3v) is 2.82. The van der Waals surface area contributed by atoms with E-state index in [9.17, 15) is 8.42 Å². The first-order chi connectivity index (χ1) is 7.40. The van der Waals surface area contributed by atoms with E-state index in [2.05, 4.69) is 5.32 Å². The monoisotopic (exact) mass is 243 g/mol. The van der Waals surface area contributed by atoms with Crippen LogP contribution in [0, 0.1) is 0 Å². The molecule has 0 saturated heterocycles. The van der Waals surface area contributed by atoms with E-state index < -0.39 is 10.0 Å². The van der Waals surface area contributed by atoms with E-state index in [0.717, 1.165) is 5.69 Å². The van der Waals surface area contributed by atoms with Gasteiger partial charge in [-0.05, 0) is 24.6 Å². The fourth-order valence-corrected chi connectivity index (χ4v) is 1.93. The van der Waals surface area contributed by atoms with E-state index in [-0.39, 0.29) is 11.8 Å². The standard InChI is InChI=1S/C10H17N3O2S/c1-8(6-11)13-10-4-2-9(3-5-10)7-16(12,14)15/h2-5,8,13H,6-7,11H2,1H3,(H2,12,14,15). The van der Waals surface area contributed by atoms with Crippen molar-refractivity contribution in [1.29, 1.82) is 0 Å². The molecule has 5 N–H and O–H groups in total. The van der Waals surface area contributed by atoms with Gasteiger partial charge in [-0.25, -0.2) is 13.6 Å². The number of hydrogen-bond acceptors (Lipinski definition) is 4. The Kier molecular flexibility index (Phi) is 4.28. The molecule has 0 fully saturated rings. The highest BCUT2D eigenvalue weighted by atomic mass is 32.2. The summed E-state index contributed by atoms with van der Waals surface area (Å²) in [5.74, 6) is -0.139. The van der Waals surface area contributed by atoms with E-state index in [1.54, 1.807) is 12.1 Å². The second kappa shape index (κ2) is 5.29. The summed E-state index contributed by atoms with van der Waals surface area (Å²) in [4.78, 5) is 0. The Morgan fingerprint density at radius 2 is 1.88 bits per heavy atom. The van der Waals surface area contributed by atoms with Crippen LogP contribution in [0.5, 0.6) is 0 Å². The lowest BCUT2D eigenvalue weighted by atomic mass is 10.2. The maximum atomic E-state index is 10.9. The summed E-state index contributed by atoms with van der Waals surface area (Å²) in [5, 5.41) is 8.12. The van der Waals surface area contributed by atoms with Crippen molar-refractivity contribution in [2.75, 3.05) is 11.9 Å². The molecular weight excluding hydrogens is 226 g/mol. The van der Waals surface area contributed by atoms with Gasteiger partial charge in [0.15, 0.2) is 0 Å². The number of nitrogens with two attached hydrogens (primary N) is 2. The van der Waals surface area contributed by atoms with Gasteiger partial charge in [-0.3, -0.25) is 0 Å². The van der Waals surface area contributed by atoms with Crippen molar-refractivity contribution in [2.24, 2.45) is 10.9 Å². The molecule has 0 saturated carbocycles. The zero-order chi connectivity index (χ0) is 12.2. The quantitative estimate of drug-likeness (QED) is 0.689. The van der Waals surface area contributed by atoms with Crippen molar-refractivity contribution >= 4 is 15.7 Å². The number of nitrogens with one attached hydrogen (secondary N) is 1. The summed E-state index contributed by atoms with van der Waals surface area (Å²) in [6.45, 7) is 2.51. The Bertz CT molecular complexity index is 428. The van der Waals surface area contributed by atoms with Crippen LogP contribution in [-0.2, 0) is 15.8 Å². The summed E-state index contributed by atoms with van der Waals surface area (Å²) in [5.41, 5.74) is 7.06. The minimum Gasteiger partial charge on any atom is -0.381 e. The average molecular weight is 243 g/mol. The molecular formula is C10H17N3O2S.